The molecule has 0 aliphatic rings. The van der Waals surface area contributed by atoms with Crippen LogP contribution in [0.5, 0.6) is 0 Å². The Hall–Kier alpha value is -1.69. The van der Waals surface area contributed by atoms with Crippen LogP contribution in [0.4, 0.5) is 11.6 Å². The summed E-state index contributed by atoms with van der Waals surface area (Å²) in [6, 6.07) is 0. The van der Waals surface area contributed by atoms with Crippen LogP contribution in [0.1, 0.15) is 42.6 Å². The zero-order valence-corrected chi connectivity index (χ0v) is 13.8. The third-order valence-corrected chi connectivity index (χ3v) is 4.29. The minimum atomic E-state index is 0.712. The van der Waals surface area contributed by atoms with E-state index in [9.17, 15) is 0 Å². The van der Waals surface area contributed by atoms with E-state index < -0.39 is 0 Å². The minimum absolute atomic E-state index is 0.712. The Bertz CT molecular complexity index is 567. The Morgan fingerprint density at radius 2 is 1.81 bits per heavy atom. The molecule has 2 aromatic rings. The van der Waals surface area contributed by atoms with Gasteiger partial charge in [-0.25, -0.2) is 15.0 Å². The molecule has 2 N–H and O–H groups in total. The Morgan fingerprint density at radius 3 is 2.43 bits per heavy atom. The van der Waals surface area contributed by atoms with Crippen LogP contribution < -0.4 is 10.6 Å². The third-order valence-electron chi connectivity index (χ3n) is 3.15. The van der Waals surface area contributed by atoms with Crippen molar-refractivity contribution in [1.82, 2.24) is 15.0 Å². The summed E-state index contributed by atoms with van der Waals surface area (Å²) in [6.07, 6.45) is 6.63. The number of nitrogens with one attached hydrogen (secondary N) is 2. The van der Waals surface area contributed by atoms with Gasteiger partial charge in [0.25, 0.3) is 0 Å². The molecule has 0 amide bonds. The zero-order chi connectivity index (χ0) is 15.1. The second-order valence-corrected chi connectivity index (χ2v) is 5.96. The van der Waals surface area contributed by atoms with Crippen molar-refractivity contribution in [3.63, 3.8) is 0 Å². The fraction of sp³-hybridized carbons (Fsp3) is 0.533. The lowest BCUT2D eigenvalue weighted by molar-refractivity contribution is 0.894. The van der Waals surface area contributed by atoms with E-state index in [1.807, 2.05) is 6.20 Å². The van der Waals surface area contributed by atoms with Gasteiger partial charge in [0.05, 0.1) is 6.54 Å². The first-order valence-corrected chi connectivity index (χ1v) is 8.35. The van der Waals surface area contributed by atoms with Gasteiger partial charge in [-0.15, -0.1) is 11.3 Å². The monoisotopic (exact) mass is 305 g/mol. The molecule has 2 aromatic heterocycles. The van der Waals surface area contributed by atoms with E-state index in [2.05, 4.69) is 46.4 Å². The molecular weight excluding hydrogens is 282 g/mol. The van der Waals surface area contributed by atoms with Crippen molar-refractivity contribution in [2.24, 2.45) is 0 Å². The standard InChI is InChI=1S/C15H23N5S/c1-4-7-12-14(16-6-3)19-10-20-15(12)18-9-13-17-8-11(5-2)21-13/h8,10H,4-7,9H2,1-3H3,(H2,16,18,19,20). The first-order chi connectivity index (χ1) is 10.3. The van der Waals surface area contributed by atoms with Gasteiger partial charge >= 0.3 is 0 Å². The van der Waals surface area contributed by atoms with E-state index in [4.69, 9.17) is 0 Å². The molecule has 0 aliphatic carbocycles. The summed E-state index contributed by atoms with van der Waals surface area (Å²) < 4.78 is 0. The molecule has 0 saturated heterocycles. The van der Waals surface area contributed by atoms with Crippen molar-refractivity contribution in [1.29, 1.82) is 0 Å². The first-order valence-electron chi connectivity index (χ1n) is 7.53. The summed E-state index contributed by atoms with van der Waals surface area (Å²) in [6.45, 7) is 7.97. The van der Waals surface area contributed by atoms with Crippen LogP contribution >= 0.6 is 11.3 Å². The number of rotatable bonds is 8. The fourth-order valence-corrected chi connectivity index (χ4v) is 2.93. The summed E-state index contributed by atoms with van der Waals surface area (Å²) in [5, 5.41) is 7.81. The molecule has 0 saturated carbocycles. The van der Waals surface area contributed by atoms with E-state index in [1.54, 1.807) is 17.7 Å². The van der Waals surface area contributed by atoms with E-state index in [0.717, 1.165) is 48.0 Å². The van der Waals surface area contributed by atoms with Gasteiger partial charge in [0.15, 0.2) is 0 Å². The predicted molar refractivity (Wildman–Crippen MR) is 89.0 cm³/mol. The molecule has 2 heterocycles. The Labute approximate surface area is 130 Å². The predicted octanol–water partition coefficient (Wildman–Crippen LogP) is 3.49. The third kappa shape index (κ3) is 4.14. The van der Waals surface area contributed by atoms with Crippen LogP contribution in [0.25, 0.3) is 0 Å². The van der Waals surface area contributed by atoms with Gasteiger partial charge in [-0.3, -0.25) is 0 Å². The lowest BCUT2D eigenvalue weighted by Gasteiger charge is -2.13. The highest BCUT2D eigenvalue weighted by molar-refractivity contribution is 7.11. The number of anilines is 2. The van der Waals surface area contributed by atoms with Gasteiger partial charge in [-0.1, -0.05) is 20.3 Å². The smallest absolute Gasteiger partial charge is 0.135 e. The number of aromatic nitrogens is 3. The van der Waals surface area contributed by atoms with Crippen molar-refractivity contribution in [3.8, 4) is 0 Å². The van der Waals surface area contributed by atoms with E-state index in [-0.39, 0.29) is 0 Å². The highest BCUT2D eigenvalue weighted by Crippen LogP contribution is 2.23. The molecule has 0 fully saturated rings. The maximum Gasteiger partial charge on any atom is 0.135 e. The van der Waals surface area contributed by atoms with Gasteiger partial charge in [0.1, 0.15) is 23.0 Å². The Balaban J connectivity index is 2.12. The molecule has 5 nitrogen and oxygen atoms in total. The molecule has 21 heavy (non-hydrogen) atoms. The molecule has 0 unspecified atom stereocenters. The average Bonchev–Trinajstić information content (AvgIpc) is 2.96. The van der Waals surface area contributed by atoms with Crippen LogP contribution in [0.3, 0.4) is 0 Å². The van der Waals surface area contributed by atoms with Crippen LogP contribution in [0.2, 0.25) is 0 Å². The number of thiazole rings is 1. The molecule has 114 valence electrons. The van der Waals surface area contributed by atoms with Crippen LogP contribution in [-0.4, -0.2) is 21.5 Å². The van der Waals surface area contributed by atoms with Gasteiger partial charge in [-0.05, 0) is 19.8 Å². The summed E-state index contributed by atoms with van der Waals surface area (Å²) in [5.41, 5.74) is 1.16. The first kappa shape index (κ1) is 15.7. The molecule has 2 rings (SSSR count). The normalized spacial score (nSPS) is 10.6. The van der Waals surface area contributed by atoms with Crippen molar-refractivity contribution < 1.29 is 0 Å². The summed E-state index contributed by atoms with van der Waals surface area (Å²) in [7, 11) is 0. The summed E-state index contributed by atoms with van der Waals surface area (Å²) in [4.78, 5) is 14.5. The number of aryl methyl sites for hydroxylation is 1. The zero-order valence-electron chi connectivity index (χ0n) is 12.9. The summed E-state index contributed by atoms with van der Waals surface area (Å²) in [5.74, 6) is 1.85. The average molecular weight is 305 g/mol. The second-order valence-electron chi connectivity index (χ2n) is 4.76. The maximum absolute atomic E-state index is 4.43. The quantitative estimate of drug-likeness (QED) is 0.781. The molecular formula is C15H23N5S. The molecule has 0 bridgehead atoms. The molecule has 0 atom stereocenters. The van der Waals surface area contributed by atoms with Crippen molar-refractivity contribution in [2.75, 3.05) is 17.2 Å². The van der Waals surface area contributed by atoms with E-state index in [0.29, 0.717) is 6.54 Å². The lowest BCUT2D eigenvalue weighted by Crippen LogP contribution is -2.10. The Kier molecular flexibility index (Phi) is 5.92. The van der Waals surface area contributed by atoms with Gasteiger partial charge in [0.2, 0.25) is 0 Å². The number of nitrogens with zero attached hydrogens (tertiary/aromatic N) is 3. The van der Waals surface area contributed by atoms with Gasteiger partial charge in [0, 0.05) is 23.2 Å². The van der Waals surface area contributed by atoms with Crippen LogP contribution in [0, 0.1) is 0 Å². The highest BCUT2D eigenvalue weighted by Gasteiger charge is 2.10. The van der Waals surface area contributed by atoms with Crippen molar-refractivity contribution >= 4 is 23.0 Å². The lowest BCUT2D eigenvalue weighted by atomic mass is 10.1. The van der Waals surface area contributed by atoms with Gasteiger partial charge in [-0.2, -0.15) is 0 Å². The van der Waals surface area contributed by atoms with Crippen molar-refractivity contribution in [3.05, 3.63) is 28.0 Å². The van der Waals surface area contributed by atoms with Gasteiger partial charge < -0.3 is 10.6 Å². The molecule has 0 spiro atoms. The Morgan fingerprint density at radius 1 is 1.05 bits per heavy atom. The minimum Gasteiger partial charge on any atom is -0.370 e. The highest BCUT2D eigenvalue weighted by atomic mass is 32.1. The van der Waals surface area contributed by atoms with E-state index in [1.165, 1.54) is 4.88 Å². The van der Waals surface area contributed by atoms with Crippen LogP contribution in [0.15, 0.2) is 12.5 Å². The molecule has 0 radical (unpaired) electrons. The number of hydrogen-bond acceptors (Lipinski definition) is 6. The molecule has 0 aliphatic heterocycles. The topological polar surface area (TPSA) is 62.7 Å². The molecule has 0 aromatic carbocycles. The molecule has 6 heteroatoms. The SMILES string of the molecule is CCCc1c(NCC)ncnc1NCc1ncc(CC)s1. The largest absolute Gasteiger partial charge is 0.370 e. The summed E-state index contributed by atoms with van der Waals surface area (Å²) >= 11 is 1.75. The van der Waals surface area contributed by atoms with E-state index >= 15 is 0 Å². The van der Waals surface area contributed by atoms with Crippen LogP contribution in [-0.2, 0) is 19.4 Å². The van der Waals surface area contributed by atoms with Crippen molar-refractivity contribution in [2.45, 2.75) is 46.6 Å². The number of hydrogen-bond donors (Lipinski definition) is 2. The maximum atomic E-state index is 4.43. The second kappa shape index (κ2) is 7.93. The fourth-order valence-electron chi connectivity index (χ4n) is 2.12.